The summed E-state index contributed by atoms with van der Waals surface area (Å²) in [6.45, 7) is -0.190. The first-order valence-corrected chi connectivity index (χ1v) is 9.49. The Kier molecular flexibility index (Phi) is 5.20. The molecule has 0 saturated carbocycles. The lowest BCUT2D eigenvalue weighted by molar-refractivity contribution is 0.282. The Labute approximate surface area is 177 Å². The highest BCUT2D eigenvalue weighted by Crippen LogP contribution is 2.42. The summed E-state index contributed by atoms with van der Waals surface area (Å²) < 4.78 is 1.69. The Morgan fingerprint density at radius 2 is 1.34 bits per heavy atom. The van der Waals surface area contributed by atoms with Crippen molar-refractivity contribution in [2.45, 2.75) is 6.61 Å². The molecule has 7 heteroatoms. The van der Waals surface area contributed by atoms with Crippen LogP contribution in [0, 0.1) is 0 Å². The maximum atomic E-state index is 9.86. The van der Waals surface area contributed by atoms with Crippen molar-refractivity contribution in [3.05, 3.63) is 82.6 Å². The first-order chi connectivity index (χ1) is 14.0. The second-order valence-electron chi connectivity index (χ2n) is 6.48. The fourth-order valence-corrected chi connectivity index (χ4v) is 3.84. The summed E-state index contributed by atoms with van der Waals surface area (Å²) in [6.07, 6.45) is 3.45. The minimum Gasteiger partial charge on any atom is -0.508 e. The van der Waals surface area contributed by atoms with Crippen LogP contribution in [0.15, 0.2) is 67.0 Å². The van der Waals surface area contributed by atoms with Gasteiger partial charge in [-0.05, 0) is 60.2 Å². The molecule has 4 aromatic rings. The third-order valence-electron chi connectivity index (χ3n) is 4.57. The highest BCUT2D eigenvalue weighted by Gasteiger charge is 2.20. The molecule has 0 bridgehead atoms. The van der Waals surface area contributed by atoms with Crippen LogP contribution in [0.1, 0.15) is 5.56 Å². The van der Waals surface area contributed by atoms with Crippen LogP contribution in [-0.2, 0) is 6.61 Å². The van der Waals surface area contributed by atoms with E-state index in [4.69, 9.17) is 23.2 Å². The zero-order chi connectivity index (χ0) is 20.5. The van der Waals surface area contributed by atoms with Gasteiger partial charge in [-0.25, -0.2) is 4.68 Å². The number of halogens is 2. The van der Waals surface area contributed by atoms with Crippen molar-refractivity contribution in [3.63, 3.8) is 0 Å². The Morgan fingerprint density at radius 1 is 0.793 bits per heavy atom. The van der Waals surface area contributed by atoms with Gasteiger partial charge in [0.2, 0.25) is 0 Å². The van der Waals surface area contributed by atoms with E-state index in [1.807, 2.05) is 12.1 Å². The summed E-state index contributed by atoms with van der Waals surface area (Å²) >= 11 is 12.9. The summed E-state index contributed by atoms with van der Waals surface area (Å²) in [5.41, 5.74) is 4.11. The van der Waals surface area contributed by atoms with E-state index < -0.39 is 0 Å². The molecular weight excluding hydrogens is 411 g/mol. The number of hydrogen-bond acceptors (Lipinski definition) is 4. The van der Waals surface area contributed by atoms with Gasteiger partial charge >= 0.3 is 0 Å². The smallest absolute Gasteiger partial charge is 0.117 e. The fourth-order valence-electron chi connectivity index (χ4n) is 3.29. The number of rotatable bonds is 4. The molecule has 0 fully saturated rings. The third-order valence-corrected chi connectivity index (χ3v) is 5.20. The molecule has 146 valence electrons. The van der Waals surface area contributed by atoms with Crippen molar-refractivity contribution in [3.8, 4) is 39.4 Å². The molecule has 0 radical (unpaired) electrons. The van der Waals surface area contributed by atoms with Crippen molar-refractivity contribution >= 4 is 23.2 Å². The van der Waals surface area contributed by atoms with Crippen LogP contribution in [0.5, 0.6) is 11.5 Å². The lowest BCUT2D eigenvalue weighted by Crippen LogP contribution is -2.03. The van der Waals surface area contributed by atoms with Crippen LogP contribution in [0.2, 0.25) is 10.0 Å². The Balaban J connectivity index is 2.10. The Bertz CT molecular complexity index is 1120. The monoisotopic (exact) mass is 426 g/mol. The van der Waals surface area contributed by atoms with Gasteiger partial charge in [-0.1, -0.05) is 23.2 Å². The normalized spacial score (nSPS) is 11.0. The summed E-state index contributed by atoms with van der Waals surface area (Å²) in [7, 11) is 0. The van der Waals surface area contributed by atoms with E-state index >= 15 is 0 Å². The van der Waals surface area contributed by atoms with E-state index in [0.29, 0.717) is 43.5 Å². The fraction of sp³-hybridized carbons (Fsp3) is 0.0455. The zero-order valence-corrected chi connectivity index (χ0v) is 16.6. The molecule has 0 amide bonds. The SMILES string of the molecule is OCc1cc(-c2ccc(O)cc2Cl)c(-n2cccn2)c(-c2ccc(O)cc2Cl)c1. The molecule has 0 atom stereocenters. The van der Waals surface area contributed by atoms with Crippen LogP contribution in [0.3, 0.4) is 0 Å². The molecule has 0 unspecified atom stereocenters. The van der Waals surface area contributed by atoms with Crippen LogP contribution in [0.4, 0.5) is 0 Å². The molecule has 0 spiro atoms. The van der Waals surface area contributed by atoms with Gasteiger partial charge in [0.25, 0.3) is 0 Å². The number of phenolic OH excluding ortho intramolecular Hbond substituents is 2. The van der Waals surface area contributed by atoms with Crippen LogP contribution >= 0.6 is 23.2 Å². The molecule has 0 aliphatic rings. The molecule has 4 rings (SSSR count). The molecule has 0 aliphatic carbocycles. The highest BCUT2D eigenvalue weighted by molar-refractivity contribution is 6.34. The van der Waals surface area contributed by atoms with Crippen LogP contribution in [0.25, 0.3) is 27.9 Å². The van der Waals surface area contributed by atoms with Crippen molar-refractivity contribution in [1.29, 1.82) is 0 Å². The quantitative estimate of drug-likeness (QED) is 0.407. The minimum absolute atomic E-state index is 0.0551. The molecule has 0 aliphatic heterocycles. The average Bonchev–Trinajstić information content (AvgIpc) is 3.21. The number of nitrogens with zero attached hydrogens (tertiary/aromatic N) is 2. The number of hydrogen-bond donors (Lipinski definition) is 3. The number of aromatic nitrogens is 2. The minimum atomic E-state index is -0.190. The van der Waals surface area contributed by atoms with Crippen molar-refractivity contribution < 1.29 is 15.3 Å². The molecular formula is C22H16Cl2N2O3. The van der Waals surface area contributed by atoms with Gasteiger partial charge in [-0.15, -0.1) is 0 Å². The maximum absolute atomic E-state index is 9.86. The Hall–Kier alpha value is -2.99. The first-order valence-electron chi connectivity index (χ1n) is 8.73. The average molecular weight is 427 g/mol. The lowest BCUT2D eigenvalue weighted by Gasteiger charge is -2.19. The summed E-state index contributed by atoms with van der Waals surface area (Å²) in [4.78, 5) is 0. The largest absolute Gasteiger partial charge is 0.508 e. The van der Waals surface area contributed by atoms with Gasteiger partial charge in [0, 0.05) is 34.6 Å². The third kappa shape index (κ3) is 3.68. The standard InChI is InChI=1S/C22H16Cl2N2O3/c23-20-10-14(28)2-4-16(20)18-8-13(12-27)9-19(22(18)26-7-1-6-25-26)17-5-3-15(29)11-21(17)24/h1-11,27-29H,12H2. The van der Waals surface area contributed by atoms with Crippen molar-refractivity contribution in [2.75, 3.05) is 0 Å². The number of aliphatic hydroxyl groups is 1. The second-order valence-corrected chi connectivity index (χ2v) is 7.29. The van der Waals surface area contributed by atoms with E-state index in [1.54, 1.807) is 47.4 Å². The van der Waals surface area contributed by atoms with E-state index in [9.17, 15) is 15.3 Å². The maximum Gasteiger partial charge on any atom is 0.117 e. The summed E-state index contributed by atoms with van der Waals surface area (Å²) in [5, 5.41) is 34.5. The van der Waals surface area contributed by atoms with Crippen molar-refractivity contribution in [2.24, 2.45) is 0 Å². The number of aromatic hydroxyl groups is 2. The van der Waals surface area contributed by atoms with Crippen LogP contribution < -0.4 is 0 Å². The van der Waals surface area contributed by atoms with E-state index in [2.05, 4.69) is 5.10 Å². The molecule has 29 heavy (non-hydrogen) atoms. The second kappa shape index (κ2) is 7.79. The predicted molar refractivity (Wildman–Crippen MR) is 114 cm³/mol. The van der Waals surface area contributed by atoms with Gasteiger partial charge in [0.05, 0.1) is 22.3 Å². The van der Waals surface area contributed by atoms with Crippen molar-refractivity contribution in [1.82, 2.24) is 9.78 Å². The lowest BCUT2D eigenvalue weighted by atomic mass is 9.93. The molecule has 3 aromatic carbocycles. The van der Waals surface area contributed by atoms with E-state index in [-0.39, 0.29) is 18.1 Å². The molecule has 0 saturated heterocycles. The summed E-state index contributed by atoms with van der Waals surface area (Å²) in [6, 6.07) is 14.9. The van der Waals surface area contributed by atoms with Gasteiger partial charge in [0.15, 0.2) is 0 Å². The van der Waals surface area contributed by atoms with Gasteiger partial charge < -0.3 is 15.3 Å². The Morgan fingerprint density at radius 3 is 1.76 bits per heavy atom. The topological polar surface area (TPSA) is 78.5 Å². The predicted octanol–water partition coefficient (Wildman–Crippen LogP) is 5.42. The summed E-state index contributed by atoms with van der Waals surface area (Å²) in [5.74, 6) is 0.110. The number of benzene rings is 3. The van der Waals surface area contributed by atoms with Gasteiger partial charge in [-0.3, -0.25) is 0 Å². The zero-order valence-electron chi connectivity index (χ0n) is 15.0. The first kappa shape index (κ1) is 19.3. The van der Waals surface area contributed by atoms with Crippen LogP contribution in [-0.4, -0.2) is 25.1 Å². The molecule has 3 N–H and O–H groups in total. The van der Waals surface area contributed by atoms with E-state index in [1.165, 1.54) is 12.1 Å². The molecule has 5 nitrogen and oxygen atoms in total. The number of phenols is 2. The van der Waals surface area contributed by atoms with E-state index in [0.717, 1.165) is 0 Å². The molecule has 1 heterocycles. The number of aliphatic hydroxyl groups excluding tert-OH is 1. The van der Waals surface area contributed by atoms with Gasteiger partial charge in [0.1, 0.15) is 11.5 Å². The van der Waals surface area contributed by atoms with Gasteiger partial charge in [-0.2, -0.15) is 5.10 Å². The molecule has 1 aromatic heterocycles. The highest BCUT2D eigenvalue weighted by atomic mass is 35.5.